The van der Waals surface area contributed by atoms with Crippen molar-refractivity contribution in [2.75, 3.05) is 19.6 Å². The Balaban J connectivity index is 2.44. The number of hydrogen-bond acceptors (Lipinski definition) is 3. The molecule has 1 aliphatic heterocycles. The third kappa shape index (κ3) is 6.55. The van der Waals surface area contributed by atoms with Gasteiger partial charge in [0.2, 0.25) is 0 Å². The fraction of sp³-hybridized carbons (Fsp3) is 0.944. The van der Waals surface area contributed by atoms with E-state index in [1.54, 1.807) is 0 Å². The average molecular weight is 312 g/mol. The lowest BCUT2D eigenvalue weighted by atomic mass is 9.81. The number of nitrogens with zero attached hydrogens (tertiary/aromatic N) is 1. The van der Waals surface area contributed by atoms with Crippen LogP contribution in [0.2, 0.25) is 0 Å². The van der Waals surface area contributed by atoms with Crippen LogP contribution in [-0.4, -0.2) is 42.3 Å². The van der Waals surface area contributed by atoms with E-state index >= 15 is 0 Å². The van der Waals surface area contributed by atoms with Crippen LogP contribution in [0.3, 0.4) is 0 Å². The minimum Gasteiger partial charge on any atom is -0.444 e. The molecule has 0 aromatic rings. The van der Waals surface area contributed by atoms with Crippen LogP contribution in [0.1, 0.15) is 67.7 Å². The van der Waals surface area contributed by atoms with Crippen LogP contribution in [-0.2, 0) is 4.74 Å². The van der Waals surface area contributed by atoms with Gasteiger partial charge in [-0.05, 0) is 51.4 Å². The van der Waals surface area contributed by atoms with E-state index in [1.807, 2.05) is 25.7 Å². The molecule has 1 N–H and O–H groups in total. The second-order valence-corrected chi connectivity index (χ2v) is 8.62. The van der Waals surface area contributed by atoms with Crippen molar-refractivity contribution in [2.24, 2.45) is 11.3 Å². The maximum Gasteiger partial charge on any atom is 0.410 e. The zero-order valence-electron chi connectivity index (χ0n) is 15.7. The Hall–Kier alpha value is -0.770. The lowest BCUT2D eigenvalue weighted by Gasteiger charge is -2.32. The molecule has 0 saturated carbocycles. The second-order valence-electron chi connectivity index (χ2n) is 8.62. The predicted octanol–water partition coefficient (Wildman–Crippen LogP) is 4.05. The summed E-state index contributed by atoms with van der Waals surface area (Å²) in [5, 5.41) is 3.71. The van der Waals surface area contributed by atoms with Crippen LogP contribution < -0.4 is 5.32 Å². The average Bonchev–Trinajstić information content (AvgIpc) is 2.59. The number of likely N-dealkylation sites (tertiary alicyclic amines) is 1. The third-order valence-corrected chi connectivity index (χ3v) is 4.79. The molecule has 4 nitrogen and oxygen atoms in total. The van der Waals surface area contributed by atoms with Crippen LogP contribution in [0, 0.1) is 11.3 Å². The molecule has 0 aromatic carbocycles. The SMILES string of the molecule is CC(C)C(C)(C)CNC1CCCN(C(=O)OC(C)(C)C)CC1. The van der Waals surface area contributed by atoms with E-state index in [-0.39, 0.29) is 6.09 Å². The van der Waals surface area contributed by atoms with E-state index < -0.39 is 5.60 Å². The number of hydrogen-bond donors (Lipinski definition) is 1. The smallest absolute Gasteiger partial charge is 0.410 e. The summed E-state index contributed by atoms with van der Waals surface area (Å²) in [4.78, 5) is 14.0. The van der Waals surface area contributed by atoms with Crippen LogP contribution in [0.4, 0.5) is 4.79 Å². The molecule has 4 heteroatoms. The summed E-state index contributed by atoms with van der Waals surface area (Å²) in [5.41, 5.74) is -0.112. The maximum atomic E-state index is 12.2. The summed E-state index contributed by atoms with van der Waals surface area (Å²) < 4.78 is 5.48. The minimum absolute atomic E-state index is 0.171. The monoisotopic (exact) mass is 312 g/mol. The number of carbonyl (C=O) groups excluding carboxylic acids is 1. The molecule has 0 aromatic heterocycles. The van der Waals surface area contributed by atoms with Crippen LogP contribution in [0.25, 0.3) is 0 Å². The number of carbonyl (C=O) groups is 1. The largest absolute Gasteiger partial charge is 0.444 e. The van der Waals surface area contributed by atoms with Crippen LogP contribution in [0.15, 0.2) is 0 Å². The van der Waals surface area contributed by atoms with Crippen molar-refractivity contribution in [3.63, 3.8) is 0 Å². The quantitative estimate of drug-likeness (QED) is 0.851. The molecular formula is C18H36N2O2. The summed E-state index contributed by atoms with van der Waals surface area (Å²) in [6.45, 7) is 17.6. The lowest BCUT2D eigenvalue weighted by molar-refractivity contribution is 0.0256. The molecule has 1 atom stereocenters. The fourth-order valence-corrected chi connectivity index (χ4v) is 2.42. The number of nitrogens with one attached hydrogen (secondary N) is 1. The van der Waals surface area contributed by atoms with Gasteiger partial charge in [-0.15, -0.1) is 0 Å². The highest BCUT2D eigenvalue weighted by Gasteiger charge is 2.27. The normalized spacial score (nSPS) is 20.9. The van der Waals surface area contributed by atoms with Gasteiger partial charge in [-0.25, -0.2) is 4.79 Å². The summed E-state index contributed by atoms with van der Waals surface area (Å²) in [7, 11) is 0. The number of amides is 1. The highest BCUT2D eigenvalue weighted by Crippen LogP contribution is 2.25. The van der Waals surface area contributed by atoms with Gasteiger partial charge >= 0.3 is 6.09 Å². The zero-order chi connectivity index (χ0) is 17.0. The molecule has 1 unspecified atom stereocenters. The summed E-state index contributed by atoms with van der Waals surface area (Å²) in [5.74, 6) is 0.657. The van der Waals surface area contributed by atoms with E-state index in [4.69, 9.17) is 4.74 Å². The predicted molar refractivity (Wildman–Crippen MR) is 92.1 cm³/mol. The van der Waals surface area contributed by atoms with E-state index in [1.165, 1.54) is 0 Å². The topological polar surface area (TPSA) is 41.6 Å². The Morgan fingerprint density at radius 3 is 2.36 bits per heavy atom. The van der Waals surface area contributed by atoms with Gasteiger partial charge in [0.15, 0.2) is 0 Å². The molecule has 1 aliphatic rings. The molecule has 1 heterocycles. The highest BCUT2D eigenvalue weighted by molar-refractivity contribution is 5.68. The Kier molecular flexibility index (Phi) is 6.72. The van der Waals surface area contributed by atoms with Gasteiger partial charge in [0, 0.05) is 25.7 Å². The van der Waals surface area contributed by atoms with Gasteiger partial charge in [0.25, 0.3) is 0 Å². The Morgan fingerprint density at radius 1 is 1.18 bits per heavy atom. The molecule has 130 valence electrons. The summed E-state index contributed by atoms with van der Waals surface area (Å²) >= 11 is 0. The summed E-state index contributed by atoms with van der Waals surface area (Å²) in [6, 6.07) is 0.505. The van der Waals surface area contributed by atoms with Gasteiger partial charge < -0.3 is 15.0 Å². The molecule has 0 spiro atoms. The second kappa shape index (κ2) is 7.67. The van der Waals surface area contributed by atoms with Gasteiger partial charge in [-0.3, -0.25) is 0 Å². The minimum atomic E-state index is -0.414. The highest BCUT2D eigenvalue weighted by atomic mass is 16.6. The van der Waals surface area contributed by atoms with Crippen LogP contribution in [0.5, 0.6) is 0 Å². The summed E-state index contributed by atoms with van der Waals surface area (Å²) in [6.07, 6.45) is 3.01. The first kappa shape index (κ1) is 19.3. The standard InChI is InChI=1S/C18H36N2O2/c1-14(2)18(6,7)13-19-15-9-8-11-20(12-10-15)16(21)22-17(3,4)5/h14-15,19H,8-13H2,1-7H3. The molecular weight excluding hydrogens is 276 g/mol. The Morgan fingerprint density at radius 2 is 1.82 bits per heavy atom. The van der Waals surface area contributed by atoms with Gasteiger partial charge in [-0.2, -0.15) is 0 Å². The van der Waals surface area contributed by atoms with Gasteiger partial charge in [0.05, 0.1) is 0 Å². The molecule has 0 radical (unpaired) electrons. The first-order valence-corrected chi connectivity index (χ1v) is 8.72. The molecule has 22 heavy (non-hydrogen) atoms. The van der Waals surface area contributed by atoms with E-state index in [0.717, 1.165) is 38.9 Å². The first-order valence-electron chi connectivity index (χ1n) is 8.72. The van der Waals surface area contributed by atoms with Crippen molar-refractivity contribution in [3.8, 4) is 0 Å². The van der Waals surface area contributed by atoms with Crippen molar-refractivity contribution < 1.29 is 9.53 Å². The third-order valence-electron chi connectivity index (χ3n) is 4.79. The molecule has 1 fully saturated rings. The maximum absolute atomic E-state index is 12.2. The van der Waals surface area contributed by atoms with E-state index in [9.17, 15) is 4.79 Å². The molecule has 0 bridgehead atoms. The van der Waals surface area contributed by atoms with Crippen molar-refractivity contribution in [1.29, 1.82) is 0 Å². The van der Waals surface area contributed by atoms with Crippen molar-refractivity contribution in [3.05, 3.63) is 0 Å². The Labute approximate surface area is 137 Å². The first-order chi connectivity index (χ1) is 10.0. The van der Waals surface area contributed by atoms with Crippen molar-refractivity contribution in [1.82, 2.24) is 10.2 Å². The fourth-order valence-electron chi connectivity index (χ4n) is 2.42. The molecule has 1 rings (SSSR count). The van der Waals surface area contributed by atoms with Crippen molar-refractivity contribution in [2.45, 2.75) is 79.4 Å². The zero-order valence-corrected chi connectivity index (χ0v) is 15.7. The number of rotatable bonds is 4. The van der Waals surface area contributed by atoms with Crippen molar-refractivity contribution >= 4 is 6.09 Å². The van der Waals surface area contributed by atoms with Gasteiger partial charge in [0.1, 0.15) is 5.60 Å². The van der Waals surface area contributed by atoms with E-state index in [0.29, 0.717) is 17.4 Å². The Bertz CT molecular complexity index is 359. The van der Waals surface area contributed by atoms with Gasteiger partial charge in [-0.1, -0.05) is 27.7 Å². The van der Waals surface area contributed by atoms with E-state index in [2.05, 4.69) is 33.0 Å². The lowest BCUT2D eigenvalue weighted by Crippen LogP contribution is -2.40. The molecule has 1 amide bonds. The molecule has 1 saturated heterocycles. The molecule has 0 aliphatic carbocycles. The van der Waals surface area contributed by atoms with Crippen LogP contribution >= 0.6 is 0 Å². The number of ether oxygens (including phenoxy) is 1.